The minimum absolute atomic E-state index is 0.0896. The van der Waals surface area contributed by atoms with Crippen LogP contribution >= 0.6 is 0 Å². The number of esters is 1. The molecule has 0 aromatic heterocycles. The molecular weight excluding hydrogens is 294 g/mol. The van der Waals surface area contributed by atoms with Gasteiger partial charge in [0.15, 0.2) is 0 Å². The van der Waals surface area contributed by atoms with Crippen molar-refractivity contribution in [1.82, 2.24) is 5.32 Å². The molecule has 1 N–H and O–H groups in total. The molecule has 5 heteroatoms. The molecule has 0 heterocycles. The maximum Gasteiger partial charge on any atom is 0.407 e. The van der Waals surface area contributed by atoms with Crippen LogP contribution in [0.25, 0.3) is 0 Å². The van der Waals surface area contributed by atoms with Crippen LogP contribution in [-0.2, 0) is 20.9 Å². The first-order chi connectivity index (χ1) is 10.7. The summed E-state index contributed by atoms with van der Waals surface area (Å²) in [6.45, 7) is 9.52. The number of amides is 1. The Bertz CT molecular complexity index is 506. The Hall–Kier alpha value is -2.04. The van der Waals surface area contributed by atoms with Gasteiger partial charge < -0.3 is 14.8 Å². The normalized spacial score (nSPS) is 12.6. The molecule has 5 nitrogen and oxygen atoms in total. The molecule has 1 aromatic rings. The molecule has 1 atom stereocenters. The van der Waals surface area contributed by atoms with Crippen molar-refractivity contribution < 1.29 is 19.1 Å². The lowest BCUT2D eigenvalue weighted by atomic mass is 10.0. The maximum absolute atomic E-state index is 11.9. The van der Waals surface area contributed by atoms with Crippen LogP contribution in [-0.4, -0.2) is 23.7 Å². The molecule has 0 bridgehead atoms. The zero-order valence-electron chi connectivity index (χ0n) is 14.6. The van der Waals surface area contributed by atoms with Crippen LogP contribution in [0.4, 0.5) is 4.79 Å². The predicted octanol–water partition coefficient (Wildman–Crippen LogP) is 3.67. The third-order valence-corrected chi connectivity index (χ3v) is 3.13. The fourth-order valence-electron chi connectivity index (χ4n) is 1.93. The molecular formula is C18H27NO4. The summed E-state index contributed by atoms with van der Waals surface area (Å²) >= 11 is 0. The average Bonchev–Trinajstić information content (AvgIpc) is 2.43. The SMILES string of the molecule is CC(C)C(CC(=O)OC(C)(C)C)NC(=O)OCc1ccccc1. The fraction of sp³-hybridized carbons (Fsp3) is 0.556. The first kappa shape index (κ1) is 19.0. The number of benzene rings is 1. The van der Waals surface area contributed by atoms with Gasteiger partial charge in [-0.3, -0.25) is 4.79 Å². The number of hydrogen-bond donors (Lipinski definition) is 1. The van der Waals surface area contributed by atoms with E-state index in [0.29, 0.717) is 0 Å². The number of carbonyl (C=O) groups is 2. The topological polar surface area (TPSA) is 64.6 Å². The highest BCUT2D eigenvalue weighted by Crippen LogP contribution is 2.13. The van der Waals surface area contributed by atoms with Crippen molar-refractivity contribution in [3.05, 3.63) is 35.9 Å². The third-order valence-electron chi connectivity index (χ3n) is 3.13. The van der Waals surface area contributed by atoms with Crippen LogP contribution in [0.15, 0.2) is 30.3 Å². The van der Waals surface area contributed by atoms with E-state index in [1.807, 2.05) is 65.0 Å². The number of alkyl carbamates (subject to hydrolysis) is 1. The van der Waals surface area contributed by atoms with Gasteiger partial charge in [-0.25, -0.2) is 4.79 Å². The quantitative estimate of drug-likeness (QED) is 0.812. The van der Waals surface area contributed by atoms with Gasteiger partial charge in [0.1, 0.15) is 12.2 Å². The van der Waals surface area contributed by atoms with Crippen molar-refractivity contribution in [2.45, 2.75) is 59.3 Å². The summed E-state index contributed by atoms with van der Waals surface area (Å²) in [5, 5.41) is 2.74. The second-order valence-electron chi connectivity index (χ2n) is 6.85. The Labute approximate surface area is 138 Å². The lowest BCUT2D eigenvalue weighted by Gasteiger charge is -2.24. The van der Waals surface area contributed by atoms with Crippen molar-refractivity contribution in [1.29, 1.82) is 0 Å². The van der Waals surface area contributed by atoms with E-state index in [9.17, 15) is 9.59 Å². The molecule has 23 heavy (non-hydrogen) atoms. The number of nitrogens with one attached hydrogen (secondary N) is 1. The number of ether oxygens (including phenoxy) is 2. The minimum atomic E-state index is -0.535. The summed E-state index contributed by atoms with van der Waals surface area (Å²) in [5.41, 5.74) is 0.378. The molecule has 1 unspecified atom stereocenters. The lowest BCUT2D eigenvalue weighted by Crippen LogP contribution is -2.41. The fourth-order valence-corrected chi connectivity index (χ4v) is 1.93. The van der Waals surface area contributed by atoms with E-state index in [-0.39, 0.29) is 31.0 Å². The highest BCUT2D eigenvalue weighted by molar-refractivity contribution is 5.73. The van der Waals surface area contributed by atoms with Crippen LogP contribution in [0.5, 0.6) is 0 Å². The second kappa shape index (κ2) is 8.56. The predicted molar refractivity (Wildman–Crippen MR) is 88.9 cm³/mol. The van der Waals surface area contributed by atoms with Gasteiger partial charge in [0, 0.05) is 6.04 Å². The van der Waals surface area contributed by atoms with Gasteiger partial charge in [0.25, 0.3) is 0 Å². The molecule has 0 aliphatic heterocycles. The van der Waals surface area contributed by atoms with E-state index in [1.165, 1.54) is 0 Å². The Morgan fingerprint density at radius 3 is 2.26 bits per heavy atom. The number of hydrogen-bond acceptors (Lipinski definition) is 4. The van der Waals surface area contributed by atoms with E-state index >= 15 is 0 Å². The van der Waals surface area contributed by atoms with Crippen LogP contribution in [0.1, 0.15) is 46.6 Å². The zero-order valence-corrected chi connectivity index (χ0v) is 14.6. The van der Waals surface area contributed by atoms with Crippen LogP contribution in [0.3, 0.4) is 0 Å². The van der Waals surface area contributed by atoms with E-state index in [4.69, 9.17) is 9.47 Å². The molecule has 0 fully saturated rings. The van der Waals surface area contributed by atoms with E-state index in [1.54, 1.807) is 0 Å². The van der Waals surface area contributed by atoms with Crippen LogP contribution in [0, 0.1) is 5.92 Å². The standard InChI is InChI=1S/C18H27NO4/c1-13(2)15(11-16(20)23-18(3,4)5)19-17(21)22-12-14-9-7-6-8-10-14/h6-10,13,15H,11-12H2,1-5H3,(H,19,21). The third kappa shape index (κ3) is 8.24. The minimum Gasteiger partial charge on any atom is -0.460 e. The second-order valence-corrected chi connectivity index (χ2v) is 6.85. The first-order valence-electron chi connectivity index (χ1n) is 7.86. The molecule has 0 aliphatic carbocycles. The monoisotopic (exact) mass is 321 g/mol. The summed E-state index contributed by atoms with van der Waals surface area (Å²) in [5.74, 6) is -0.244. The van der Waals surface area contributed by atoms with Gasteiger partial charge in [0.2, 0.25) is 0 Å². The Morgan fingerprint density at radius 1 is 1.13 bits per heavy atom. The van der Waals surface area contributed by atoms with Crippen molar-refractivity contribution in [3.8, 4) is 0 Å². The summed E-state index contributed by atoms with van der Waals surface area (Å²) in [4.78, 5) is 23.8. The smallest absolute Gasteiger partial charge is 0.407 e. The van der Waals surface area contributed by atoms with Crippen LogP contribution < -0.4 is 5.32 Å². The summed E-state index contributed by atoms with van der Waals surface area (Å²) in [6.07, 6.45) is -0.411. The number of carbonyl (C=O) groups excluding carboxylic acids is 2. The molecule has 1 aromatic carbocycles. The molecule has 0 saturated carbocycles. The summed E-state index contributed by atoms with van der Waals surface area (Å²) < 4.78 is 10.5. The Balaban J connectivity index is 2.48. The highest BCUT2D eigenvalue weighted by atomic mass is 16.6. The average molecular weight is 321 g/mol. The van der Waals surface area contributed by atoms with E-state index in [2.05, 4.69) is 5.32 Å². The molecule has 1 rings (SSSR count). The molecule has 0 saturated heterocycles. The van der Waals surface area contributed by atoms with Crippen molar-refractivity contribution in [2.75, 3.05) is 0 Å². The Morgan fingerprint density at radius 2 is 1.74 bits per heavy atom. The van der Waals surface area contributed by atoms with Gasteiger partial charge in [-0.1, -0.05) is 44.2 Å². The van der Waals surface area contributed by atoms with Crippen LogP contribution in [0.2, 0.25) is 0 Å². The molecule has 0 spiro atoms. The molecule has 0 radical (unpaired) electrons. The highest BCUT2D eigenvalue weighted by Gasteiger charge is 2.24. The van der Waals surface area contributed by atoms with E-state index in [0.717, 1.165) is 5.56 Å². The first-order valence-corrected chi connectivity index (χ1v) is 7.86. The van der Waals surface area contributed by atoms with Gasteiger partial charge in [-0.15, -0.1) is 0 Å². The molecule has 128 valence electrons. The van der Waals surface area contributed by atoms with Crippen molar-refractivity contribution in [2.24, 2.45) is 5.92 Å². The maximum atomic E-state index is 11.9. The summed E-state index contributed by atoms with van der Waals surface area (Å²) in [7, 11) is 0. The molecule has 1 amide bonds. The van der Waals surface area contributed by atoms with Gasteiger partial charge in [-0.2, -0.15) is 0 Å². The largest absolute Gasteiger partial charge is 0.460 e. The number of rotatable bonds is 6. The Kier molecular flexibility index (Phi) is 7.07. The lowest BCUT2D eigenvalue weighted by molar-refractivity contribution is -0.155. The van der Waals surface area contributed by atoms with E-state index < -0.39 is 11.7 Å². The van der Waals surface area contributed by atoms with Crippen molar-refractivity contribution >= 4 is 12.1 Å². The van der Waals surface area contributed by atoms with Gasteiger partial charge in [-0.05, 0) is 32.3 Å². The zero-order chi connectivity index (χ0) is 17.5. The summed E-state index contributed by atoms with van der Waals surface area (Å²) in [6, 6.07) is 9.11. The van der Waals surface area contributed by atoms with Gasteiger partial charge in [0.05, 0.1) is 6.42 Å². The van der Waals surface area contributed by atoms with Gasteiger partial charge >= 0.3 is 12.1 Å². The molecule has 0 aliphatic rings. The van der Waals surface area contributed by atoms with Crippen molar-refractivity contribution in [3.63, 3.8) is 0 Å².